The maximum atomic E-state index is 13.2. The molecule has 1 saturated carbocycles. The average Bonchev–Trinajstić information content (AvgIpc) is 3.27. The van der Waals surface area contributed by atoms with E-state index in [-0.39, 0.29) is 23.2 Å². The Bertz CT molecular complexity index is 660. The van der Waals surface area contributed by atoms with Gasteiger partial charge in [-0.25, -0.2) is 4.39 Å². The molecule has 1 aliphatic rings. The molecule has 0 spiro atoms. The molecule has 1 aromatic heterocycles. The first-order valence-corrected chi connectivity index (χ1v) is 8.67. The van der Waals surface area contributed by atoms with Crippen LogP contribution in [0.3, 0.4) is 0 Å². The number of carbonyl (C=O) groups excluding carboxylic acids is 1. The first kappa shape index (κ1) is 16.7. The number of rotatable bonds is 6. The number of hydrogen-bond donors (Lipinski definition) is 1. The van der Waals surface area contributed by atoms with E-state index < -0.39 is 0 Å². The minimum atomic E-state index is -0.285. The Morgan fingerprint density at radius 2 is 2.04 bits per heavy atom. The molecule has 1 fully saturated rings. The molecule has 5 heteroatoms. The van der Waals surface area contributed by atoms with Crippen molar-refractivity contribution in [2.45, 2.75) is 50.5 Å². The molecular weight excluding hydrogens is 305 g/mol. The van der Waals surface area contributed by atoms with Gasteiger partial charge in [-0.2, -0.15) is 5.10 Å². The van der Waals surface area contributed by atoms with Crippen LogP contribution >= 0.6 is 0 Å². The molecule has 1 heterocycles. The van der Waals surface area contributed by atoms with Crippen molar-refractivity contribution in [3.8, 4) is 0 Å². The summed E-state index contributed by atoms with van der Waals surface area (Å²) in [6.07, 6.45) is 8.53. The van der Waals surface area contributed by atoms with Crippen LogP contribution in [0.5, 0.6) is 0 Å². The lowest BCUT2D eigenvalue weighted by Gasteiger charge is -2.31. The van der Waals surface area contributed by atoms with Gasteiger partial charge in [0.1, 0.15) is 11.9 Å². The summed E-state index contributed by atoms with van der Waals surface area (Å²) in [5.74, 6) is -0.227. The quantitative estimate of drug-likeness (QED) is 0.880. The standard InChI is InChI=1S/C19H24FN3O/c1-2-17(23-13-5-12-22-23)18(24)21-14-19(10-3-4-11-19)15-6-8-16(20)9-7-15/h5-9,12-13,17H,2-4,10-11,14H2,1H3,(H,21,24)/t17-/m0/s1. The number of benzene rings is 1. The van der Waals surface area contributed by atoms with Crippen LogP contribution in [-0.4, -0.2) is 22.2 Å². The number of amides is 1. The summed E-state index contributed by atoms with van der Waals surface area (Å²) in [6, 6.07) is 8.28. The molecule has 1 aromatic carbocycles. The minimum absolute atomic E-state index is 0.00501. The maximum absolute atomic E-state index is 13.2. The minimum Gasteiger partial charge on any atom is -0.353 e. The van der Waals surface area contributed by atoms with E-state index in [4.69, 9.17) is 0 Å². The van der Waals surface area contributed by atoms with E-state index in [1.165, 1.54) is 12.1 Å². The fourth-order valence-corrected chi connectivity index (χ4v) is 3.75. The average molecular weight is 329 g/mol. The smallest absolute Gasteiger partial charge is 0.244 e. The van der Waals surface area contributed by atoms with Crippen molar-refractivity contribution >= 4 is 5.91 Å². The van der Waals surface area contributed by atoms with Crippen molar-refractivity contribution < 1.29 is 9.18 Å². The molecule has 0 saturated heterocycles. The van der Waals surface area contributed by atoms with E-state index in [0.717, 1.165) is 31.2 Å². The van der Waals surface area contributed by atoms with Gasteiger partial charge in [-0.15, -0.1) is 0 Å². The predicted molar refractivity (Wildman–Crippen MR) is 91.1 cm³/mol. The fourth-order valence-electron chi connectivity index (χ4n) is 3.75. The highest BCUT2D eigenvalue weighted by molar-refractivity contribution is 5.80. The van der Waals surface area contributed by atoms with Crippen LogP contribution in [0, 0.1) is 5.82 Å². The Hall–Kier alpha value is -2.17. The summed E-state index contributed by atoms with van der Waals surface area (Å²) in [5, 5.41) is 7.31. The van der Waals surface area contributed by atoms with E-state index in [1.54, 1.807) is 10.9 Å². The Morgan fingerprint density at radius 3 is 2.62 bits per heavy atom. The van der Waals surface area contributed by atoms with Crippen LogP contribution in [0.1, 0.15) is 50.6 Å². The van der Waals surface area contributed by atoms with Gasteiger partial charge in [0.15, 0.2) is 0 Å². The van der Waals surface area contributed by atoms with Gasteiger partial charge in [-0.3, -0.25) is 9.48 Å². The summed E-state index contributed by atoms with van der Waals surface area (Å²) in [4.78, 5) is 12.6. The molecule has 24 heavy (non-hydrogen) atoms. The number of nitrogens with zero attached hydrogens (tertiary/aromatic N) is 2. The Labute approximate surface area is 142 Å². The highest BCUT2D eigenvalue weighted by Gasteiger charge is 2.36. The summed E-state index contributed by atoms with van der Waals surface area (Å²) in [6.45, 7) is 2.58. The van der Waals surface area contributed by atoms with E-state index >= 15 is 0 Å². The second kappa shape index (κ2) is 7.16. The Morgan fingerprint density at radius 1 is 1.33 bits per heavy atom. The molecule has 1 amide bonds. The molecule has 2 aromatic rings. The molecule has 1 aliphatic carbocycles. The highest BCUT2D eigenvalue weighted by atomic mass is 19.1. The predicted octanol–water partition coefficient (Wildman–Crippen LogP) is 3.60. The highest BCUT2D eigenvalue weighted by Crippen LogP contribution is 2.40. The zero-order chi connectivity index (χ0) is 17.0. The maximum Gasteiger partial charge on any atom is 0.244 e. The number of nitrogens with one attached hydrogen (secondary N) is 1. The van der Waals surface area contributed by atoms with Gasteiger partial charge in [0.25, 0.3) is 0 Å². The third kappa shape index (κ3) is 3.35. The van der Waals surface area contributed by atoms with Gasteiger partial charge in [0, 0.05) is 24.4 Å². The molecule has 0 radical (unpaired) electrons. The fraction of sp³-hybridized carbons (Fsp3) is 0.474. The zero-order valence-electron chi connectivity index (χ0n) is 14.0. The molecule has 3 rings (SSSR count). The van der Waals surface area contributed by atoms with Crippen molar-refractivity contribution in [3.05, 3.63) is 54.1 Å². The molecule has 0 unspecified atom stereocenters. The number of hydrogen-bond acceptors (Lipinski definition) is 2. The molecule has 0 bridgehead atoms. The van der Waals surface area contributed by atoms with Gasteiger partial charge in [-0.1, -0.05) is 31.9 Å². The van der Waals surface area contributed by atoms with Crippen LogP contribution in [0.4, 0.5) is 4.39 Å². The first-order valence-electron chi connectivity index (χ1n) is 8.67. The first-order chi connectivity index (χ1) is 11.6. The van der Waals surface area contributed by atoms with Crippen LogP contribution in [0.15, 0.2) is 42.7 Å². The molecule has 128 valence electrons. The van der Waals surface area contributed by atoms with Crippen molar-refractivity contribution in [2.24, 2.45) is 0 Å². The number of aromatic nitrogens is 2. The Balaban J connectivity index is 1.72. The second-order valence-electron chi connectivity index (χ2n) is 6.62. The lowest BCUT2D eigenvalue weighted by molar-refractivity contribution is -0.125. The monoisotopic (exact) mass is 329 g/mol. The molecular formula is C19H24FN3O. The molecule has 1 N–H and O–H groups in total. The van der Waals surface area contributed by atoms with Crippen molar-refractivity contribution in [1.82, 2.24) is 15.1 Å². The van der Waals surface area contributed by atoms with Crippen LogP contribution < -0.4 is 5.32 Å². The summed E-state index contributed by atoms with van der Waals surface area (Å²) >= 11 is 0. The van der Waals surface area contributed by atoms with E-state index in [1.807, 2.05) is 31.3 Å². The largest absolute Gasteiger partial charge is 0.353 e. The zero-order valence-corrected chi connectivity index (χ0v) is 14.0. The van der Waals surface area contributed by atoms with E-state index in [2.05, 4.69) is 10.4 Å². The summed E-state index contributed by atoms with van der Waals surface area (Å²) < 4.78 is 14.9. The third-order valence-corrected chi connectivity index (χ3v) is 5.15. The second-order valence-corrected chi connectivity index (χ2v) is 6.62. The van der Waals surface area contributed by atoms with Gasteiger partial charge >= 0.3 is 0 Å². The normalized spacial score (nSPS) is 17.6. The Kier molecular flexibility index (Phi) is 4.97. The number of carbonyl (C=O) groups is 1. The number of halogens is 1. The summed E-state index contributed by atoms with van der Waals surface area (Å²) in [5.41, 5.74) is 1.04. The SMILES string of the molecule is CC[C@@H](C(=O)NCC1(c2ccc(F)cc2)CCCC1)n1cccn1. The lowest BCUT2D eigenvalue weighted by Crippen LogP contribution is -2.42. The van der Waals surface area contributed by atoms with E-state index in [0.29, 0.717) is 13.0 Å². The summed E-state index contributed by atoms with van der Waals surface area (Å²) in [7, 11) is 0. The van der Waals surface area contributed by atoms with Gasteiger partial charge in [0.2, 0.25) is 5.91 Å². The van der Waals surface area contributed by atoms with Crippen LogP contribution in [-0.2, 0) is 10.2 Å². The van der Waals surface area contributed by atoms with Crippen LogP contribution in [0.2, 0.25) is 0 Å². The molecule has 0 aliphatic heterocycles. The third-order valence-electron chi connectivity index (χ3n) is 5.15. The van der Waals surface area contributed by atoms with Crippen molar-refractivity contribution in [2.75, 3.05) is 6.54 Å². The van der Waals surface area contributed by atoms with Gasteiger partial charge in [-0.05, 0) is 43.0 Å². The van der Waals surface area contributed by atoms with Crippen molar-refractivity contribution in [3.63, 3.8) is 0 Å². The van der Waals surface area contributed by atoms with Gasteiger partial charge < -0.3 is 5.32 Å². The van der Waals surface area contributed by atoms with Crippen molar-refractivity contribution in [1.29, 1.82) is 0 Å². The lowest BCUT2D eigenvalue weighted by atomic mass is 9.78. The topological polar surface area (TPSA) is 46.9 Å². The van der Waals surface area contributed by atoms with Gasteiger partial charge in [0.05, 0.1) is 0 Å². The molecule has 1 atom stereocenters. The molecule has 4 nitrogen and oxygen atoms in total. The van der Waals surface area contributed by atoms with E-state index in [9.17, 15) is 9.18 Å². The van der Waals surface area contributed by atoms with Crippen LogP contribution in [0.25, 0.3) is 0 Å².